The summed E-state index contributed by atoms with van der Waals surface area (Å²) in [7, 11) is 0. The summed E-state index contributed by atoms with van der Waals surface area (Å²) in [5.41, 5.74) is 1.35. The summed E-state index contributed by atoms with van der Waals surface area (Å²) < 4.78 is 5.51. The van der Waals surface area contributed by atoms with Gasteiger partial charge in [-0.2, -0.15) is 0 Å². The van der Waals surface area contributed by atoms with Gasteiger partial charge in [0.05, 0.1) is 0 Å². The highest BCUT2D eigenvalue weighted by Crippen LogP contribution is 2.21. The molecule has 4 nitrogen and oxygen atoms in total. The second-order valence-corrected chi connectivity index (χ2v) is 4.31. The number of benzene rings is 1. The van der Waals surface area contributed by atoms with Crippen LogP contribution in [0.15, 0.2) is 61.0 Å². The first-order valence-corrected chi connectivity index (χ1v) is 6.28. The van der Waals surface area contributed by atoms with Crippen LogP contribution in [0.3, 0.4) is 0 Å². The number of para-hydroxylation sites is 1. The van der Waals surface area contributed by atoms with Crippen molar-refractivity contribution in [1.82, 2.24) is 9.97 Å². The topological polar surface area (TPSA) is 52.1 Å². The molecular formula is C16H12N2O2. The number of ketones is 1. The molecule has 0 radical (unpaired) electrons. The minimum Gasteiger partial charge on any atom is -0.424 e. The van der Waals surface area contributed by atoms with Gasteiger partial charge in [0.15, 0.2) is 5.78 Å². The van der Waals surface area contributed by atoms with Crippen LogP contribution in [0.2, 0.25) is 0 Å². The molecule has 1 aliphatic rings. The van der Waals surface area contributed by atoms with E-state index in [1.807, 2.05) is 42.5 Å². The lowest BCUT2D eigenvalue weighted by atomic mass is 9.98. The number of carbonyl (C=O) groups excluding carboxylic acids is 1. The summed E-state index contributed by atoms with van der Waals surface area (Å²) in [5, 5.41) is 0. The Hall–Kier alpha value is -2.75. The first-order valence-electron chi connectivity index (χ1n) is 6.28. The summed E-state index contributed by atoms with van der Waals surface area (Å²) in [6.07, 6.45) is 9.11. The molecule has 1 aromatic heterocycles. The van der Waals surface area contributed by atoms with Crippen LogP contribution in [0.1, 0.15) is 12.0 Å². The van der Waals surface area contributed by atoms with Gasteiger partial charge in [0.1, 0.15) is 5.75 Å². The zero-order valence-corrected chi connectivity index (χ0v) is 10.7. The SMILES string of the molecule is O=C1CC=CC=C1c1cnc(Oc2ccccc2)nc1. The number of rotatable bonds is 3. The van der Waals surface area contributed by atoms with Gasteiger partial charge in [0, 0.05) is 30.0 Å². The quantitative estimate of drug-likeness (QED) is 0.854. The Morgan fingerprint density at radius 3 is 2.50 bits per heavy atom. The van der Waals surface area contributed by atoms with Crippen LogP contribution >= 0.6 is 0 Å². The minimum atomic E-state index is 0.0767. The van der Waals surface area contributed by atoms with E-state index >= 15 is 0 Å². The van der Waals surface area contributed by atoms with Gasteiger partial charge in [0.2, 0.25) is 0 Å². The fourth-order valence-corrected chi connectivity index (χ4v) is 1.90. The molecule has 3 rings (SSSR count). The van der Waals surface area contributed by atoms with Crippen molar-refractivity contribution in [2.45, 2.75) is 6.42 Å². The predicted octanol–water partition coefficient (Wildman–Crippen LogP) is 3.18. The highest BCUT2D eigenvalue weighted by atomic mass is 16.5. The molecule has 0 spiro atoms. The molecular weight excluding hydrogens is 252 g/mol. The molecule has 1 aliphatic carbocycles. The third-order valence-corrected chi connectivity index (χ3v) is 2.89. The average molecular weight is 264 g/mol. The van der Waals surface area contributed by atoms with Crippen LogP contribution in [0.5, 0.6) is 11.8 Å². The monoisotopic (exact) mass is 264 g/mol. The molecule has 1 heterocycles. The molecule has 98 valence electrons. The van der Waals surface area contributed by atoms with Crippen molar-refractivity contribution in [3.05, 3.63) is 66.5 Å². The van der Waals surface area contributed by atoms with E-state index in [-0.39, 0.29) is 11.8 Å². The third-order valence-electron chi connectivity index (χ3n) is 2.89. The van der Waals surface area contributed by atoms with E-state index < -0.39 is 0 Å². The van der Waals surface area contributed by atoms with E-state index in [1.54, 1.807) is 18.5 Å². The molecule has 0 saturated carbocycles. The highest BCUT2D eigenvalue weighted by molar-refractivity contribution is 6.22. The van der Waals surface area contributed by atoms with E-state index in [2.05, 4.69) is 9.97 Å². The molecule has 0 fully saturated rings. The first-order chi connectivity index (χ1) is 9.83. The van der Waals surface area contributed by atoms with Crippen molar-refractivity contribution in [3.63, 3.8) is 0 Å². The van der Waals surface area contributed by atoms with Crippen molar-refractivity contribution in [2.75, 3.05) is 0 Å². The maximum Gasteiger partial charge on any atom is 0.321 e. The fourth-order valence-electron chi connectivity index (χ4n) is 1.90. The summed E-state index contributed by atoms with van der Waals surface area (Å²) in [6.45, 7) is 0. The van der Waals surface area contributed by atoms with E-state index in [0.29, 0.717) is 23.3 Å². The number of allylic oxidation sites excluding steroid dienone is 4. The summed E-state index contributed by atoms with van der Waals surface area (Å²) >= 11 is 0. The number of carbonyl (C=O) groups is 1. The average Bonchev–Trinajstić information content (AvgIpc) is 2.50. The first kappa shape index (κ1) is 12.3. The van der Waals surface area contributed by atoms with E-state index in [1.165, 1.54) is 0 Å². The number of aromatic nitrogens is 2. The van der Waals surface area contributed by atoms with Crippen LogP contribution in [0, 0.1) is 0 Å². The molecule has 4 heteroatoms. The van der Waals surface area contributed by atoms with E-state index in [9.17, 15) is 4.79 Å². The molecule has 0 bridgehead atoms. The molecule has 1 aromatic carbocycles. The summed E-state index contributed by atoms with van der Waals surface area (Å²) in [6, 6.07) is 9.58. The van der Waals surface area contributed by atoms with Crippen LogP contribution in [0.4, 0.5) is 0 Å². The Kier molecular flexibility index (Phi) is 3.37. The molecule has 0 saturated heterocycles. The number of hydrogen-bond donors (Lipinski definition) is 0. The lowest BCUT2D eigenvalue weighted by Crippen LogP contribution is -2.04. The van der Waals surface area contributed by atoms with Gasteiger partial charge in [-0.1, -0.05) is 36.4 Å². The van der Waals surface area contributed by atoms with Gasteiger partial charge in [0.25, 0.3) is 0 Å². The van der Waals surface area contributed by atoms with Crippen LogP contribution in [-0.2, 0) is 4.79 Å². The van der Waals surface area contributed by atoms with E-state index in [4.69, 9.17) is 4.74 Å². The van der Waals surface area contributed by atoms with Crippen molar-refractivity contribution in [2.24, 2.45) is 0 Å². The summed E-state index contributed by atoms with van der Waals surface area (Å²) in [5.74, 6) is 0.754. The smallest absolute Gasteiger partial charge is 0.321 e. The molecule has 20 heavy (non-hydrogen) atoms. The van der Waals surface area contributed by atoms with Crippen LogP contribution in [-0.4, -0.2) is 15.8 Å². The van der Waals surface area contributed by atoms with Crippen molar-refractivity contribution >= 4 is 11.4 Å². The number of Topliss-reactive ketones (excluding diaryl/α,β-unsaturated/α-hetero) is 1. The Balaban J connectivity index is 1.80. The van der Waals surface area contributed by atoms with Crippen LogP contribution < -0.4 is 4.74 Å². The standard InChI is InChI=1S/C16H12N2O2/c19-15-9-5-4-8-14(15)12-10-17-16(18-11-12)20-13-6-2-1-3-7-13/h1-8,10-11H,9H2. The Labute approximate surface area is 116 Å². The Morgan fingerprint density at radius 1 is 1.05 bits per heavy atom. The second-order valence-electron chi connectivity index (χ2n) is 4.31. The van der Waals surface area contributed by atoms with Gasteiger partial charge < -0.3 is 4.74 Å². The second kappa shape index (κ2) is 5.48. The highest BCUT2D eigenvalue weighted by Gasteiger charge is 2.13. The molecule has 2 aromatic rings. The lowest BCUT2D eigenvalue weighted by Gasteiger charge is -2.08. The van der Waals surface area contributed by atoms with Gasteiger partial charge in [-0.25, -0.2) is 9.97 Å². The van der Waals surface area contributed by atoms with Crippen molar-refractivity contribution in [1.29, 1.82) is 0 Å². The zero-order chi connectivity index (χ0) is 13.8. The maximum atomic E-state index is 11.8. The molecule has 0 N–H and O–H groups in total. The number of ether oxygens (including phenoxy) is 1. The van der Waals surface area contributed by atoms with Crippen LogP contribution in [0.25, 0.3) is 5.57 Å². The predicted molar refractivity (Wildman–Crippen MR) is 75.3 cm³/mol. The maximum absolute atomic E-state index is 11.8. The lowest BCUT2D eigenvalue weighted by molar-refractivity contribution is -0.113. The summed E-state index contributed by atoms with van der Waals surface area (Å²) in [4.78, 5) is 20.0. The Bertz CT molecular complexity index is 673. The van der Waals surface area contributed by atoms with Gasteiger partial charge >= 0.3 is 6.01 Å². The fraction of sp³-hybridized carbons (Fsp3) is 0.0625. The number of hydrogen-bond acceptors (Lipinski definition) is 4. The third kappa shape index (κ3) is 2.64. The molecule has 0 atom stereocenters. The zero-order valence-electron chi connectivity index (χ0n) is 10.7. The Morgan fingerprint density at radius 2 is 1.80 bits per heavy atom. The van der Waals surface area contributed by atoms with Gasteiger partial charge in [-0.05, 0) is 12.1 Å². The molecule has 0 aliphatic heterocycles. The minimum absolute atomic E-state index is 0.0767. The normalized spacial score (nSPS) is 14.0. The van der Waals surface area contributed by atoms with Crippen molar-refractivity contribution in [3.8, 4) is 11.8 Å². The molecule has 0 amide bonds. The van der Waals surface area contributed by atoms with E-state index in [0.717, 1.165) is 0 Å². The number of nitrogens with zero attached hydrogens (tertiary/aromatic N) is 2. The van der Waals surface area contributed by atoms with Gasteiger partial charge in [-0.3, -0.25) is 4.79 Å². The largest absolute Gasteiger partial charge is 0.424 e. The molecule has 0 unspecified atom stereocenters. The van der Waals surface area contributed by atoms with Crippen molar-refractivity contribution < 1.29 is 9.53 Å². The van der Waals surface area contributed by atoms with Gasteiger partial charge in [-0.15, -0.1) is 0 Å².